The van der Waals surface area contributed by atoms with Crippen molar-refractivity contribution >= 4 is 0 Å². The van der Waals surface area contributed by atoms with E-state index in [0.717, 1.165) is 32.2 Å². The van der Waals surface area contributed by atoms with Gasteiger partial charge < -0.3 is 4.74 Å². The highest BCUT2D eigenvalue weighted by atomic mass is 16.5. The molecular formula is C9H13NO. The molecule has 0 N–H and O–H groups in total. The van der Waals surface area contributed by atoms with Crippen LogP contribution in [0.25, 0.3) is 0 Å². The lowest BCUT2D eigenvalue weighted by Gasteiger charge is -2.28. The van der Waals surface area contributed by atoms with Gasteiger partial charge in [0.05, 0.1) is 19.3 Å². The van der Waals surface area contributed by atoms with E-state index in [1.54, 1.807) is 0 Å². The highest BCUT2D eigenvalue weighted by Crippen LogP contribution is 2.25. The van der Waals surface area contributed by atoms with Gasteiger partial charge in [0, 0.05) is 13.1 Å². The molecule has 2 rings (SSSR count). The van der Waals surface area contributed by atoms with Crippen molar-refractivity contribution in [3.8, 4) is 12.3 Å². The van der Waals surface area contributed by atoms with Gasteiger partial charge in [-0.15, -0.1) is 6.42 Å². The van der Waals surface area contributed by atoms with E-state index in [1.165, 1.54) is 6.42 Å². The van der Waals surface area contributed by atoms with Crippen LogP contribution in [-0.2, 0) is 4.74 Å². The van der Waals surface area contributed by atoms with Crippen LogP contribution in [0.4, 0.5) is 0 Å². The molecule has 2 heteroatoms. The third kappa shape index (κ3) is 1.40. The molecule has 2 aliphatic heterocycles. The van der Waals surface area contributed by atoms with Crippen LogP contribution >= 0.6 is 0 Å². The average molecular weight is 151 g/mol. The minimum atomic E-state index is 0.474. The first-order valence-corrected chi connectivity index (χ1v) is 4.16. The predicted molar refractivity (Wildman–Crippen MR) is 43.1 cm³/mol. The Kier molecular flexibility index (Phi) is 1.85. The Balaban J connectivity index is 1.93. The van der Waals surface area contributed by atoms with Crippen molar-refractivity contribution in [3.05, 3.63) is 0 Å². The molecule has 0 aromatic heterocycles. The molecule has 0 amide bonds. The maximum absolute atomic E-state index is 5.54. The summed E-state index contributed by atoms with van der Waals surface area (Å²) in [6.07, 6.45) is 6.96. The molecule has 2 saturated heterocycles. The number of fused-ring (bicyclic) bond motifs is 2. The smallest absolute Gasteiger partial charge is 0.0706 e. The number of ether oxygens (including phenoxy) is 1. The minimum Gasteiger partial charge on any atom is -0.377 e. The molecule has 0 radical (unpaired) electrons. The minimum absolute atomic E-state index is 0.474. The van der Waals surface area contributed by atoms with E-state index >= 15 is 0 Å². The second-order valence-electron chi connectivity index (χ2n) is 3.46. The van der Waals surface area contributed by atoms with Crippen molar-refractivity contribution in [3.63, 3.8) is 0 Å². The lowest BCUT2D eigenvalue weighted by molar-refractivity contribution is 0.0889. The Bertz CT molecular complexity index is 172. The van der Waals surface area contributed by atoms with Gasteiger partial charge in [-0.05, 0) is 12.3 Å². The number of likely N-dealkylation sites (tertiary alicyclic amines) is 1. The summed E-state index contributed by atoms with van der Waals surface area (Å²) < 4.78 is 5.54. The summed E-state index contributed by atoms with van der Waals surface area (Å²) in [6, 6.07) is 0. The number of hydrogen-bond donors (Lipinski definition) is 0. The quantitative estimate of drug-likeness (QED) is 0.501. The van der Waals surface area contributed by atoms with Crippen molar-refractivity contribution < 1.29 is 4.74 Å². The largest absolute Gasteiger partial charge is 0.377 e. The number of rotatable bonds is 1. The fourth-order valence-electron chi connectivity index (χ4n) is 2.02. The first-order chi connectivity index (χ1) is 5.38. The first kappa shape index (κ1) is 7.15. The van der Waals surface area contributed by atoms with Crippen LogP contribution in [0, 0.1) is 18.3 Å². The molecule has 2 fully saturated rings. The van der Waals surface area contributed by atoms with E-state index in [-0.39, 0.29) is 0 Å². The summed E-state index contributed by atoms with van der Waals surface area (Å²) in [5.41, 5.74) is 0. The topological polar surface area (TPSA) is 12.5 Å². The zero-order valence-corrected chi connectivity index (χ0v) is 6.62. The molecule has 2 bridgehead atoms. The van der Waals surface area contributed by atoms with Gasteiger partial charge in [0.2, 0.25) is 0 Å². The van der Waals surface area contributed by atoms with Crippen LogP contribution < -0.4 is 0 Å². The average Bonchev–Trinajstić information content (AvgIpc) is 2.32. The summed E-state index contributed by atoms with van der Waals surface area (Å²) in [4.78, 5) is 2.31. The van der Waals surface area contributed by atoms with Crippen molar-refractivity contribution in [1.82, 2.24) is 4.90 Å². The zero-order chi connectivity index (χ0) is 7.68. The van der Waals surface area contributed by atoms with Crippen molar-refractivity contribution in [2.75, 3.05) is 26.2 Å². The van der Waals surface area contributed by atoms with Gasteiger partial charge in [0.15, 0.2) is 0 Å². The standard InChI is InChI=1S/C9H13NO/c1-2-3-10-5-8-4-9(6-10)11-7-8/h1,8-9H,3-7H2. The van der Waals surface area contributed by atoms with E-state index in [1.807, 2.05) is 0 Å². The summed E-state index contributed by atoms with van der Waals surface area (Å²) in [6.45, 7) is 3.92. The summed E-state index contributed by atoms with van der Waals surface area (Å²) in [5.74, 6) is 3.43. The van der Waals surface area contributed by atoms with E-state index in [4.69, 9.17) is 11.2 Å². The van der Waals surface area contributed by atoms with Crippen LogP contribution in [0.5, 0.6) is 0 Å². The Morgan fingerprint density at radius 2 is 2.45 bits per heavy atom. The fourth-order valence-corrected chi connectivity index (χ4v) is 2.02. The number of nitrogens with zero attached hydrogens (tertiary/aromatic N) is 1. The Morgan fingerprint density at radius 3 is 3.18 bits per heavy atom. The lowest BCUT2D eigenvalue weighted by atomic mass is 10.0. The highest BCUT2D eigenvalue weighted by molar-refractivity contribution is 4.93. The normalized spacial score (nSPS) is 37.0. The van der Waals surface area contributed by atoms with E-state index in [2.05, 4.69) is 10.8 Å². The fraction of sp³-hybridized carbons (Fsp3) is 0.778. The van der Waals surface area contributed by atoms with Crippen LogP contribution in [0.2, 0.25) is 0 Å². The third-order valence-electron chi connectivity index (χ3n) is 2.46. The Morgan fingerprint density at radius 1 is 1.55 bits per heavy atom. The molecule has 0 saturated carbocycles. The van der Waals surface area contributed by atoms with E-state index in [0.29, 0.717) is 6.10 Å². The number of piperidine rings is 1. The number of terminal acetylenes is 1. The van der Waals surface area contributed by atoms with Crippen LogP contribution in [0.1, 0.15) is 6.42 Å². The molecule has 0 aromatic rings. The number of hydrogen-bond acceptors (Lipinski definition) is 2. The van der Waals surface area contributed by atoms with Crippen LogP contribution in [0.15, 0.2) is 0 Å². The molecule has 0 aromatic carbocycles. The molecule has 11 heavy (non-hydrogen) atoms. The molecule has 2 heterocycles. The molecule has 60 valence electrons. The predicted octanol–water partition coefficient (Wildman–Crippen LogP) is 0.340. The molecule has 2 nitrogen and oxygen atoms in total. The monoisotopic (exact) mass is 151 g/mol. The van der Waals surface area contributed by atoms with Crippen molar-refractivity contribution in [2.45, 2.75) is 12.5 Å². The van der Waals surface area contributed by atoms with Crippen molar-refractivity contribution in [1.29, 1.82) is 0 Å². The van der Waals surface area contributed by atoms with Gasteiger partial charge in [0.25, 0.3) is 0 Å². The third-order valence-corrected chi connectivity index (χ3v) is 2.46. The van der Waals surface area contributed by atoms with Gasteiger partial charge in [-0.25, -0.2) is 0 Å². The SMILES string of the molecule is C#CCN1CC2COC(C2)C1. The molecular weight excluding hydrogens is 138 g/mol. The summed E-state index contributed by atoms with van der Waals surface area (Å²) in [5, 5.41) is 0. The second kappa shape index (κ2) is 2.84. The van der Waals surface area contributed by atoms with Gasteiger partial charge >= 0.3 is 0 Å². The molecule has 0 spiro atoms. The molecule has 2 aliphatic rings. The maximum Gasteiger partial charge on any atom is 0.0706 e. The van der Waals surface area contributed by atoms with Gasteiger partial charge in [-0.1, -0.05) is 5.92 Å². The summed E-state index contributed by atoms with van der Waals surface area (Å²) in [7, 11) is 0. The van der Waals surface area contributed by atoms with Crippen LogP contribution in [0.3, 0.4) is 0 Å². The first-order valence-electron chi connectivity index (χ1n) is 4.16. The van der Waals surface area contributed by atoms with E-state index < -0.39 is 0 Å². The Hall–Kier alpha value is -0.520. The maximum atomic E-state index is 5.54. The van der Waals surface area contributed by atoms with Gasteiger partial charge in [-0.3, -0.25) is 4.90 Å². The molecule has 2 atom stereocenters. The Labute approximate surface area is 67.5 Å². The molecule has 2 unspecified atom stereocenters. The van der Waals surface area contributed by atoms with Gasteiger partial charge in [-0.2, -0.15) is 0 Å². The lowest BCUT2D eigenvalue weighted by Crippen LogP contribution is -2.39. The van der Waals surface area contributed by atoms with Gasteiger partial charge in [0.1, 0.15) is 0 Å². The summed E-state index contributed by atoms with van der Waals surface area (Å²) >= 11 is 0. The highest BCUT2D eigenvalue weighted by Gasteiger charge is 2.33. The van der Waals surface area contributed by atoms with E-state index in [9.17, 15) is 0 Å². The van der Waals surface area contributed by atoms with Crippen molar-refractivity contribution in [2.24, 2.45) is 5.92 Å². The second-order valence-corrected chi connectivity index (χ2v) is 3.46. The molecule has 0 aliphatic carbocycles. The zero-order valence-electron chi connectivity index (χ0n) is 6.62. The van der Waals surface area contributed by atoms with Crippen LogP contribution in [-0.4, -0.2) is 37.2 Å².